The molecule has 0 radical (unpaired) electrons. The summed E-state index contributed by atoms with van der Waals surface area (Å²) < 4.78 is 46.4. The predicted octanol–water partition coefficient (Wildman–Crippen LogP) is 4.35. The smallest absolute Gasteiger partial charge is 0.407 e. The Morgan fingerprint density at radius 1 is 0.500 bits per heavy atom. The number of hydrogen-bond donors (Lipinski definition) is 2. The van der Waals surface area contributed by atoms with Gasteiger partial charge in [-0.1, -0.05) is 36.4 Å². The maximum absolute atomic E-state index is 14.5. The van der Waals surface area contributed by atoms with Crippen molar-refractivity contribution < 1.29 is 76.3 Å². The van der Waals surface area contributed by atoms with Crippen LogP contribution in [0.3, 0.4) is 0 Å². The van der Waals surface area contributed by atoms with Crippen LogP contribution in [-0.2, 0) is 68.5 Å². The van der Waals surface area contributed by atoms with Crippen LogP contribution >= 0.6 is 0 Å². The summed E-state index contributed by atoms with van der Waals surface area (Å²) >= 11 is 0. The maximum Gasteiger partial charge on any atom is 0.407 e. The number of esters is 4. The number of benzene rings is 1. The van der Waals surface area contributed by atoms with Crippen LogP contribution < -0.4 is 21.0 Å². The van der Waals surface area contributed by atoms with E-state index >= 15 is 0 Å². The van der Waals surface area contributed by atoms with E-state index in [0.29, 0.717) is 26.2 Å². The number of alkyl carbamates (subject to hydrolysis) is 1. The molecule has 1 saturated heterocycles. The van der Waals surface area contributed by atoms with Crippen molar-refractivity contribution >= 4 is 41.8 Å². The van der Waals surface area contributed by atoms with Gasteiger partial charge in [-0.15, -0.1) is 4.73 Å². The standard InChI is InChI=1S/C63H104N8O17/c1-59(2,3)84-53(74)44-66-29-31-67(45-54(75)85-60(4,5)6)33-35-69(36-34-68(32-30-66)46-55(76)86-61(7,8)9)50(57(78)87-62(10,11)12)24-25-51(72)64-26-28-70(37-39-81-41-43-82-42-40-80-38-27-65-58(79)88-63(13,14)15)56(77)49-22-19-23-52(73)71(49)83-47-48-20-17-16-18-21-48/h16-23,50H,24-47H2,1-15H3,(H,64,72)(H,65,79)/t50-/m1/s1. The van der Waals surface area contributed by atoms with Gasteiger partial charge in [-0.3, -0.25) is 53.2 Å². The van der Waals surface area contributed by atoms with Crippen LogP contribution in [0.1, 0.15) is 133 Å². The highest BCUT2D eigenvalue weighted by Gasteiger charge is 2.34. The number of carbonyl (C=O) groups is 7. The Balaban J connectivity index is 1.85. The summed E-state index contributed by atoms with van der Waals surface area (Å²) in [6, 6.07) is 12.4. The number of carbonyl (C=O) groups excluding carboxylic acids is 7. The van der Waals surface area contributed by atoms with Crippen LogP contribution in [0.25, 0.3) is 0 Å². The Bertz CT molecular complexity index is 2490. The molecule has 498 valence electrons. The zero-order valence-corrected chi connectivity index (χ0v) is 55.3. The predicted molar refractivity (Wildman–Crippen MR) is 330 cm³/mol. The Morgan fingerprint density at radius 2 is 0.955 bits per heavy atom. The molecule has 2 N–H and O–H groups in total. The van der Waals surface area contributed by atoms with Gasteiger partial charge < -0.3 is 58.3 Å². The van der Waals surface area contributed by atoms with Crippen LogP contribution in [0.15, 0.2) is 53.3 Å². The van der Waals surface area contributed by atoms with Gasteiger partial charge in [0, 0.05) is 91.0 Å². The number of ether oxygens (including phenoxy) is 8. The normalized spacial score (nSPS) is 15.2. The van der Waals surface area contributed by atoms with Gasteiger partial charge in [0.15, 0.2) is 0 Å². The molecule has 0 saturated carbocycles. The quantitative estimate of drug-likeness (QED) is 0.0626. The van der Waals surface area contributed by atoms with Gasteiger partial charge in [0.25, 0.3) is 11.5 Å². The van der Waals surface area contributed by atoms with Crippen molar-refractivity contribution in [2.75, 3.05) is 138 Å². The minimum absolute atomic E-state index is 0.00470. The number of aromatic nitrogens is 1. The second-order valence-corrected chi connectivity index (χ2v) is 26.4. The Kier molecular flexibility index (Phi) is 32.0. The van der Waals surface area contributed by atoms with E-state index in [1.807, 2.05) is 49.9 Å². The summed E-state index contributed by atoms with van der Waals surface area (Å²) in [5.74, 6) is -2.88. The molecule has 25 heteroatoms. The lowest BCUT2D eigenvalue weighted by molar-refractivity contribution is -0.163. The minimum Gasteiger partial charge on any atom is -0.459 e. The topological polar surface area (TPSA) is 265 Å². The van der Waals surface area contributed by atoms with Crippen molar-refractivity contribution in [3.8, 4) is 0 Å². The molecule has 1 aromatic heterocycles. The first-order chi connectivity index (χ1) is 41.0. The molecule has 3 rings (SSSR count). The Labute approximate surface area is 521 Å². The third-order valence-electron chi connectivity index (χ3n) is 12.4. The first-order valence-electron chi connectivity index (χ1n) is 30.5. The minimum atomic E-state index is -0.978. The van der Waals surface area contributed by atoms with Crippen molar-refractivity contribution in [2.45, 2.75) is 157 Å². The Morgan fingerprint density at radius 3 is 1.43 bits per heavy atom. The van der Waals surface area contributed by atoms with Crippen LogP contribution in [-0.4, -0.2) is 243 Å². The SMILES string of the molecule is CC(C)(C)OC(=O)CN1CCN(CC(=O)OC(C)(C)C)CCN([C@H](CCC(=O)NCCN(CCOCCOCCOCCNC(=O)OC(C)(C)C)C(=O)c2cccc(=O)n2OCc2ccccc2)C(=O)OC(C)(C)C)CCN(CC(=O)OC(C)(C)C)CC1. The fourth-order valence-corrected chi connectivity index (χ4v) is 8.73. The van der Waals surface area contributed by atoms with Gasteiger partial charge in [0.05, 0.1) is 59.3 Å². The summed E-state index contributed by atoms with van der Waals surface area (Å²) in [6.45, 7) is 30.4. The van der Waals surface area contributed by atoms with Crippen molar-refractivity contribution in [1.82, 2.24) is 39.9 Å². The molecule has 2 heterocycles. The molecule has 25 nitrogen and oxygen atoms in total. The molecule has 88 heavy (non-hydrogen) atoms. The zero-order valence-electron chi connectivity index (χ0n) is 55.3. The number of amides is 3. The van der Waals surface area contributed by atoms with Crippen molar-refractivity contribution in [3.63, 3.8) is 0 Å². The van der Waals surface area contributed by atoms with Crippen LogP contribution in [0.5, 0.6) is 0 Å². The largest absolute Gasteiger partial charge is 0.459 e. The molecule has 1 fully saturated rings. The average Bonchev–Trinajstić information content (AvgIpc) is 2.90. The number of nitrogens with one attached hydrogen (secondary N) is 2. The maximum atomic E-state index is 14.5. The first kappa shape index (κ1) is 76.0. The molecule has 0 spiro atoms. The third-order valence-corrected chi connectivity index (χ3v) is 12.4. The molecular weight excluding hydrogens is 1140 g/mol. The van der Waals surface area contributed by atoms with E-state index in [2.05, 4.69) is 10.6 Å². The van der Waals surface area contributed by atoms with Gasteiger partial charge in [-0.05, 0) is 122 Å². The van der Waals surface area contributed by atoms with Crippen molar-refractivity contribution in [1.29, 1.82) is 0 Å². The van der Waals surface area contributed by atoms with Crippen LogP contribution in [0, 0.1) is 0 Å². The molecule has 1 aliphatic heterocycles. The van der Waals surface area contributed by atoms with E-state index < -0.39 is 81.4 Å². The molecule has 1 aliphatic rings. The van der Waals surface area contributed by atoms with Gasteiger partial charge in [-0.2, -0.15) is 0 Å². The second kappa shape index (κ2) is 37.1. The highest BCUT2D eigenvalue weighted by atomic mass is 16.7. The van der Waals surface area contributed by atoms with Crippen molar-refractivity contribution in [2.24, 2.45) is 0 Å². The number of rotatable bonds is 30. The van der Waals surface area contributed by atoms with Gasteiger partial charge in [-0.25, -0.2) is 4.79 Å². The molecule has 2 aromatic rings. The fraction of sp³-hybridized carbons (Fsp3) is 0.714. The number of hydrogen-bond acceptors (Lipinski definition) is 21. The summed E-state index contributed by atoms with van der Waals surface area (Å²) in [5, 5.41) is 5.54. The summed E-state index contributed by atoms with van der Waals surface area (Å²) in [6.07, 6.45) is -0.661. The second-order valence-electron chi connectivity index (χ2n) is 26.4. The first-order valence-corrected chi connectivity index (χ1v) is 30.5. The lowest BCUT2D eigenvalue weighted by Crippen LogP contribution is -2.53. The summed E-state index contributed by atoms with van der Waals surface area (Å²) in [7, 11) is 0. The molecule has 1 aromatic carbocycles. The van der Waals surface area contributed by atoms with E-state index in [4.69, 9.17) is 42.7 Å². The summed E-state index contributed by atoms with van der Waals surface area (Å²) in [5.41, 5.74) is -3.58. The molecule has 3 amide bonds. The monoisotopic (exact) mass is 1240 g/mol. The number of pyridine rings is 1. The highest BCUT2D eigenvalue weighted by Crippen LogP contribution is 2.18. The van der Waals surface area contributed by atoms with Crippen molar-refractivity contribution in [3.05, 3.63) is 70.1 Å². The highest BCUT2D eigenvalue weighted by molar-refractivity contribution is 5.92. The fourth-order valence-electron chi connectivity index (χ4n) is 8.73. The Hall–Kier alpha value is -6.22. The number of nitrogens with zero attached hydrogens (tertiary/aromatic N) is 6. The van der Waals surface area contributed by atoms with Crippen LogP contribution in [0.4, 0.5) is 4.79 Å². The van der Waals surface area contributed by atoms with Crippen LogP contribution in [0.2, 0.25) is 0 Å². The molecule has 0 unspecified atom stereocenters. The molecule has 1 atom stereocenters. The van der Waals surface area contributed by atoms with Gasteiger partial charge in [0.2, 0.25) is 5.91 Å². The van der Waals surface area contributed by atoms with Gasteiger partial charge >= 0.3 is 30.0 Å². The van der Waals surface area contributed by atoms with E-state index in [9.17, 15) is 38.4 Å². The average molecular weight is 1250 g/mol. The van der Waals surface area contributed by atoms with E-state index in [0.717, 1.165) is 10.3 Å². The molecule has 0 aliphatic carbocycles. The zero-order chi connectivity index (χ0) is 65.7. The van der Waals surface area contributed by atoms with E-state index in [-0.39, 0.29) is 137 Å². The molecule has 0 bridgehead atoms. The lowest BCUT2D eigenvalue weighted by Gasteiger charge is -2.37. The van der Waals surface area contributed by atoms with E-state index in [1.165, 1.54) is 23.1 Å². The third kappa shape index (κ3) is 34.5. The van der Waals surface area contributed by atoms with Gasteiger partial charge in [0.1, 0.15) is 46.3 Å². The molecular formula is C63H104N8O17. The summed E-state index contributed by atoms with van der Waals surface area (Å²) in [4.78, 5) is 123. The van der Waals surface area contributed by atoms with E-state index in [1.54, 1.807) is 104 Å². The lowest BCUT2D eigenvalue weighted by atomic mass is 10.1.